The molecule has 3 aromatic rings. The van der Waals surface area contributed by atoms with E-state index in [9.17, 15) is 31.8 Å². The summed E-state index contributed by atoms with van der Waals surface area (Å²) in [6.45, 7) is 0.293. The van der Waals surface area contributed by atoms with Crippen molar-refractivity contribution in [3.63, 3.8) is 0 Å². The van der Waals surface area contributed by atoms with E-state index in [1.54, 1.807) is 20.3 Å². The molecule has 0 aromatic heterocycles. The van der Waals surface area contributed by atoms with Gasteiger partial charge in [-0.1, -0.05) is 42.5 Å². The molecule has 0 amide bonds. The van der Waals surface area contributed by atoms with E-state index in [0.29, 0.717) is 30.0 Å². The van der Waals surface area contributed by atoms with Gasteiger partial charge in [-0.05, 0) is 53.8 Å². The number of aliphatic hydroxyl groups excluding tert-OH is 1. The second-order valence-electron chi connectivity index (χ2n) is 9.15. The number of aromatic hydroxyl groups is 1. The molecule has 0 unspecified atom stereocenters. The van der Waals surface area contributed by atoms with Crippen LogP contribution in [-0.4, -0.2) is 69.0 Å². The van der Waals surface area contributed by atoms with Crippen molar-refractivity contribution in [1.29, 1.82) is 0 Å². The fraction of sp³-hybridized carbons (Fsp3) is 0.321. The normalized spacial score (nSPS) is 12.8. The first-order chi connectivity index (χ1) is 19.6. The number of carboxylic acids is 1. The number of hydrogen-bond acceptors (Lipinski definition) is 8. The summed E-state index contributed by atoms with van der Waals surface area (Å²) in [5.41, 5.74) is 2.90. The Labute approximate surface area is 241 Å². The number of benzene rings is 3. The Morgan fingerprint density at radius 3 is 2.10 bits per heavy atom. The number of halogens is 3. The minimum absolute atomic E-state index is 0.0810. The predicted octanol–water partition coefficient (Wildman–Crippen LogP) is 3.89. The maximum atomic E-state index is 11.5. The van der Waals surface area contributed by atoms with Gasteiger partial charge in [0, 0.05) is 12.6 Å². The fourth-order valence-corrected chi connectivity index (χ4v) is 4.40. The van der Waals surface area contributed by atoms with Crippen molar-refractivity contribution in [1.82, 2.24) is 5.32 Å². The molecule has 14 heteroatoms. The van der Waals surface area contributed by atoms with Gasteiger partial charge in [-0.3, -0.25) is 4.72 Å². The first kappa shape index (κ1) is 34.2. The number of aliphatic carboxylic acids is 1. The van der Waals surface area contributed by atoms with Crippen molar-refractivity contribution < 1.29 is 51.2 Å². The van der Waals surface area contributed by atoms with Crippen LogP contribution < -0.4 is 19.5 Å². The number of nitrogens with one attached hydrogen (secondary N) is 2. The van der Waals surface area contributed by atoms with Gasteiger partial charge in [0.15, 0.2) is 11.5 Å². The van der Waals surface area contributed by atoms with Crippen LogP contribution in [0.5, 0.6) is 17.2 Å². The molecule has 0 fully saturated rings. The Morgan fingerprint density at radius 1 is 0.929 bits per heavy atom. The maximum Gasteiger partial charge on any atom is 0.490 e. The van der Waals surface area contributed by atoms with Gasteiger partial charge < -0.3 is 30.1 Å². The van der Waals surface area contributed by atoms with E-state index >= 15 is 0 Å². The predicted molar refractivity (Wildman–Crippen MR) is 150 cm³/mol. The highest BCUT2D eigenvalue weighted by Crippen LogP contribution is 2.31. The summed E-state index contributed by atoms with van der Waals surface area (Å²) in [4.78, 5) is 8.90. The van der Waals surface area contributed by atoms with Crippen LogP contribution >= 0.6 is 0 Å². The highest BCUT2D eigenvalue weighted by molar-refractivity contribution is 7.92. The number of anilines is 1. The quantitative estimate of drug-likeness (QED) is 0.191. The molecule has 2 atom stereocenters. The number of rotatable bonds is 12. The minimum Gasteiger partial charge on any atom is -0.506 e. The molecule has 0 bridgehead atoms. The molecule has 10 nitrogen and oxygen atoms in total. The summed E-state index contributed by atoms with van der Waals surface area (Å²) < 4.78 is 67.9. The van der Waals surface area contributed by atoms with Gasteiger partial charge in [0.25, 0.3) is 0 Å². The summed E-state index contributed by atoms with van der Waals surface area (Å²) in [5.74, 6) is -1.67. The molecule has 42 heavy (non-hydrogen) atoms. The van der Waals surface area contributed by atoms with Crippen LogP contribution in [0.15, 0.2) is 66.7 Å². The highest BCUT2D eigenvalue weighted by Gasteiger charge is 2.38. The van der Waals surface area contributed by atoms with E-state index < -0.39 is 28.3 Å². The third kappa shape index (κ3) is 11.5. The molecule has 0 saturated carbocycles. The van der Waals surface area contributed by atoms with Gasteiger partial charge in [0.2, 0.25) is 10.0 Å². The minimum atomic E-state index is -5.08. The first-order valence-corrected chi connectivity index (χ1v) is 14.3. The van der Waals surface area contributed by atoms with Gasteiger partial charge in [-0.15, -0.1) is 0 Å². The molecular formula is C28H33F3N2O8S. The number of carboxylic acid groups (broad SMARTS) is 1. The molecule has 0 saturated heterocycles. The summed E-state index contributed by atoms with van der Waals surface area (Å²) in [7, 11) is -0.358. The zero-order valence-electron chi connectivity index (χ0n) is 23.1. The number of phenolic OH excluding ortho intramolecular Hbond substituents is 1. The smallest absolute Gasteiger partial charge is 0.490 e. The lowest BCUT2D eigenvalue weighted by atomic mass is 9.97. The number of carbonyl (C=O) groups is 1. The summed E-state index contributed by atoms with van der Waals surface area (Å²) in [6.07, 6.45) is -3.84. The summed E-state index contributed by atoms with van der Waals surface area (Å²) in [5, 5.41) is 31.2. The van der Waals surface area contributed by atoms with E-state index in [1.165, 1.54) is 12.1 Å². The van der Waals surface area contributed by atoms with E-state index in [0.717, 1.165) is 17.4 Å². The van der Waals surface area contributed by atoms with Gasteiger partial charge in [-0.2, -0.15) is 13.2 Å². The zero-order chi connectivity index (χ0) is 31.5. The highest BCUT2D eigenvalue weighted by atomic mass is 32.2. The standard InChI is InChI=1S/C26H32N2O6S.C2HF3O2/c1-33-25-12-10-20(16-26(25)34-2)22(14-18-7-5-4-6-8-18)27-17-21(29)13-19-9-11-24(30)23(15-19)28-35(3,31)32;3-2(4,5)1(6)7/h4-12,15-16,21-22,27-30H,13-14,17H2,1-3H3;(H,6,7)/t21-,22+;/m0./s1. The van der Waals surface area contributed by atoms with Crippen molar-refractivity contribution in [3.8, 4) is 17.2 Å². The second kappa shape index (κ2) is 15.3. The van der Waals surface area contributed by atoms with Crippen LogP contribution in [0, 0.1) is 0 Å². The lowest BCUT2D eigenvalue weighted by molar-refractivity contribution is -0.192. The SMILES string of the molecule is COc1ccc([C@@H](Cc2ccccc2)NC[C@@H](O)Cc2ccc(O)c(NS(C)(=O)=O)c2)cc1OC.O=C(O)C(F)(F)F. The lowest BCUT2D eigenvalue weighted by Crippen LogP contribution is -2.32. The number of methoxy groups -OCH3 is 2. The third-order valence-corrected chi connectivity index (χ3v) is 6.35. The topological polar surface area (TPSA) is 154 Å². The van der Waals surface area contributed by atoms with Gasteiger partial charge in [0.1, 0.15) is 5.75 Å². The summed E-state index contributed by atoms with van der Waals surface area (Å²) >= 11 is 0. The van der Waals surface area contributed by atoms with Crippen LogP contribution in [0.2, 0.25) is 0 Å². The largest absolute Gasteiger partial charge is 0.506 e. The average Bonchev–Trinajstić information content (AvgIpc) is 2.92. The fourth-order valence-electron chi connectivity index (χ4n) is 3.84. The molecule has 3 rings (SSSR count). The lowest BCUT2D eigenvalue weighted by Gasteiger charge is -2.23. The molecule has 230 valence electrons. The number of alkyl halides is 3. The van der Waals surface area contributed by atoms with Crippen molar-refractivity contribution >= 4 is 21.7 Å². The molecule has 0 radical (unpaired) electrons. The monoisotopic (exact) mass is 614 g/mol. The Kier molecular flexibility index (Phi) is 12.4. The Bertz CT molecular complexity index is 1420. The molecule has 0 aliphatic heterocycles. The number of ether oxygens (including phenoxy) is 2. The van der Waals surface area contributed by atoms with Gasteiger partial charge in [0.05, 0.1) is 32.3 Å². The van der Waals surface area contributed by atoms with E-state index in [-0.39, 0.29) is 23.9 Å². The van der Waals surface area contributed by atoms with E-state index in [1.807, 2.05) is 36.4 Å². The Morgan fingerprint density at radius 2 is 1.55 bits per heavy atom. The Balaban J connectivity index is 0.000000782. The number of phenols is 1. The zero-order valence-corrected chi connectivity index (χ0v) is 23.9. The van der Waals surface area contributed by atoms with Crippen molar-refractivity contribution in [2.24, 2.45) is 0 Å². The van der Waals surface area contributed by atoms with E-state index in [4.69, 9.17) is 19.4 Å². The second-order valence-corrected chi connectivity index (χ2v) is 10.9. The number of aliphatic hydroxyl groups is 1. The van der Waals surface area contributed by atoms with Crippen molar-refractivity contribution in [2.75, 3.05) is 31.7 Å². The molecule has 0 aliphatic rings. The number of sulfonamides is 1. The molecule has 0 aliphatic carbocycles. The van der Waals surface area contributed by atoms with Crippen LogP contribution in [0.3, 0.4) is 0 Å². The average molecular weight is 615 g/mol. The third-order valence-electron chi connectivity index (χ3n) is 5.76. The van der Waals surface area contributed by atoms with Gasteiger partial charge >= 0.3 is 12.1 Å². The number of hydrogen-bond donors (Lipinski definition) is 5. The van der Waals surface area contributed by atoms with Gasteiger partial charge in [-0.25, -0.2) is 13.2 Å². The van der Waals surface area contributed by atoms with Crippen LogP contribution in [-0.2, 0) is 27.7 Å². The van der Waals surface area contributed by atoms with Crippen LogP contribution in [0.25, 0.3) is 0 Å². The first-order valence-electron chi connectivity index (χ1n) is 12.4. The molecule has 0 spiro atoms. The van der Waals surface area contributed by atoms with Crippen LogP contribution in [0.4, 0.5) is 18.9 Å². The molecule has 5 N–H and O–H groups in total. The van der Waals surface area contributed by atoms with E-state index in [2.05, 4.69) is 22.2 Å². The maximum absolute atomic E-state index is 11.5. The molecule has 0 heterocycles. The molecular weight excluding hydrogens is 581 g/mol. The summed E-state index contributed by atoms with van der Waals surface area (Å²) in [6, 6.07) is 20.3. The van der Waals surface area contributed by atoms with Crippen LogP contribution in [0.1, 0.15) is 22.7 Å². The van der Waals surface area contributed by atoms with Crippen molar-refractivity contribution in [3.05, 3.63) is 83.4 Å². The van der Waals surface area contributed by atoms with Crippen molar-refractivity contribution in [2.45, 2.75) is 31.2 Å². The Hall–Kier alpha value is -4.01. The molecule has 3 aromatic carbocycles.